The van der Waals surface area contributed by atoms with Gasteiger partial charge in [0.1, 0.15) is 5.60 Å². The number of benzene rings is 1. The molecule has 0 bridgehead atoms. The minimum Gasteiger partial charge on any atom is -0.444 e. The number of carbonyl (C=O) groups excluding carboxylic acids is 2. The lowest BCUT2D eigenvalue weighted by Crippen LogP contribution is -2.57. The first kappa shape index (κ1) is 22.7. The number of nitrogens with zero attached hydrogens (tertiary/aromatic N) is 2. The zero-order chi connectivity index (χ0) is 21.2. The quantitative estimate of drug-likeness (QED) is 0.732. The Balaban J connectivity index is 2.24. The summed E-state index contributed by atoms with van der Waals surface area (Å²) in [5.74, 6) is -1.41. The van der Waals surface area contributed by atoms with Gasteiger partial charge >= 0.3 is 6.09 Å². The van der Waals surface area contributed by atoms with Crippen molar-refractivity contribution in [3.63, 3.8) is 0 Å². The molecule has 1 heterocycles. The highest BCUT2D eigenvalue weighted by Gasteiger charge is 2.35. The Morgan fingerprint density at radius 3 is 2.54 bits per heavy atom. The van der Waals surface area contributed by atoms with Gasteiger partial charge in [-0.05, 0) is 45.7 Å². The van der Waals surface area contributed by atoms with E-state index in [-0.39, 0.29) is 48.3 Å². The standard InChI is InChI=1S/C19H25Cl2FN2O4/c1-11-14(20)9-13(16(22)15(11)21)17(26)24-7-6-23(10-12(24)5-8-25)18(27)28-19(2,3)4/h9,12,25H,5-8,10H2,1-4H3. The molecule has 1 unspecified atom stereocenters. The molecule has 0 aromatic heterocycles. The van der Waals surface area contributed by atoms with Crippen molar-refractivity contribution in [2.24, 2.45) is 0 Å². The minimum absolute atomic E-state index is 0.172. The number of hydrogen-bond acceptors (Lipinski definition) is 4. The summed E-state index contributed by atoms with van der Waals surface area (Å²) >= 11 is 12.0. The van der Waals surface area contributed by atoms with Crippen LogP contribution in [0.15, 0.2) is 6.07 Å². The number of piperazine rings is 1. The largest absolute Gasteiger partial charge is 0.444 e. The molecule has 1 aromatic rings. The first-order valence-electron chi connectivity index (χ1n) is 9.00. The Morgan fingerprint density at radius 1 is 1.32 bits per heavy atom. The fourth-order valence-corrected chi connectivity index (χ4v) is 3.46. The Hall–Kier alpha value is -1.57. The molecule has 9 heteroatoms. The van der Waals surface area contributed by atoms with E-state index in [1.54, 1.807) is 27.7 Å². The van der Waals surface area contributed by atoms with E-state index in [0.717, 1.165) is 0 Å². The average Bonchev–Trinajstić information content (AvgIpc) is 2.61. The third-order valence-corrected chi connectivity index (χ3v) is 5.32. The van der Waals surface area contributed by atoms with Crippen molar-refractivity contribution in [3.05, 3.63) is 33.1 Å². The number of carbonyl (C=O) groups is 2. The fourth-order valence-electron chi connectivity index (χ4n) is 3.01. The van der Waals surface area contributed by atoms with E-state index in [1.807, 2.05) is 0 Å². The molecule has 1 aromatic carbocycles. The van der Waals surface area contributed by atoms with Gasteiger partial charge in [0.05, 0.1) is 16.6 Å². The van der Waals surface area contributed by atoms with Gasteiger partial charge in [0.15, 0.2) is 5.82 Å². The van der Waals surface area contributed by atoms with Crippen LogP contribution in [0.4, 0.5) is 9.18 Å². The molecule has 1 N–H and O–H groups in total. The van der Waals surface area contributed by atoms with Crippen LogP contribution in [0.25, 0.3) is 0 Å². The van der Waals surface area contributed by atoms with Crippen molar-refractivity contribution in [2.75, 3.05) is 26.2 Å². The van der Waals surface area contributed by atoms with Crippen LogP contribution in [0, 0.1) is 12.7 Å². The molecule has 0 saturated carbocycles. The maximum absolute atomic E-state index is 14.6. The highest BCUT2D eigenvalue weighted by atomic mass is 35.5. The lowest BCUT2D eigenvalue weighted by Gasteiger charge is -2.41. The summed E-state index contributed by atoms with van der Waals surface area (Å²) in [4.78, 5) is 28.2. The molecule has 0 radical (unpaired) electrons. The van der Waals surface area contributed by atoms with E-state index in [1.165, 1.54) is 15.9 Å². The molecule has 1 aliphatic rings. The van der Waals surface area contributed by atoms with E-state index in [9.17, 15) is 19.1 Å². The van der Waals surface area contributed by atoms with Crippen LogP contribution in [0.1, 0.15) is 43.1 Å². The van der Waals surface area contributed by atoms with Gasteiger partial charge in [-0.3, -0.25) is 4.79 Å². The number of hydrogen-bond donors (Lipinski definition) is 1. The maximum Gasteiger partial charge on any atom is 0.410 e. The summed E-state index contributed by atoms with van der Waals surface area (Å²) in [7, 11) is 0. The molecule has 0 aliphatic carbocycles. The Bertz CT molecular complexity index is 767. The monoisotopic (exact) mass is 434 g/mol. The van der Waals surface area contributed by atoms with Crippen molar-refractivity contribution in [2.45, 2.75) is 45.8 Å². The zero-order valence-corrected chi connectivity index (χ0v) is 17.9. The minimum atomic E-state index is -0.828. The van der Waals surface area contributed by atoms with Crippen molar-refractivity contribution < 1.29 is 23.8 Å². The number of amides is 2. The number of aliphatic hydroxyl groups is 1. The fraction of sp³-hybridized carbons (Fsp3) is 0.579. The van der Waals surface area contributed by atoms with Gasteiger partial charge in [0, 0.05) is 31.3 Å². The molecule has 2 rings (SSSR count). The lowest BCUT2D eigenvalue weighted by atomic mass is 10.0. The first-order chi connectivity index (χ1) is 13.0. The summed E-state index contributed by atoms with van der Waals surface area (Å²) in [5.41, 5.74) is -0.511. The van der Waals surface area contributed by atoms with Crippen LogP contribution in [-0.2, 0) is 4.74 Å². The molecule has 2 amide bonds. The predicted octanol–water partition coefficient (Wildman–Crippen LogP) is 3.88. The van der Waals surface area contributed by atoms with E-state index in [0.29, 0.717) is 5.56 Å². The SMILES string of the molecule is Cc1c(Cl)cc(C(=O)N2CCN(C(=O)OC(C)(C)C)CC2CCO)c(F)c1Cl. The molecule has 0 spiro atoms. The normalized spacial score (nSPS) is 17.6. The van der Waals surface area contributed by atoms with Crippen LogP contribution >= 0.6 is 23.2 Å². The highest BCUT2D eigenvalue weighted by molar-refractivity contribution is 6.36. The van der Waals surface area contributed by atoms with Crippen LogP contribution in [0.3, 0.4) is 0 Å². The van der Waals surface area contributed by atoms with E-state index < -0.39 is 29.5 Å². The summed E-state index contributed by atoms with van der Waals surface area (Å²) in [6.45, 7) is 7.26. The van der Waals surface area contributed by atoms with E-state index in [2.05, 4.69) is 0 Å². The average molecular weight is 435 g/mol. The Kier molecular flexibility index (Phi) is 7.17. The molecule has 28 heavy (non-hydrogen) atoms. The van der Waals surface area contributed by atoms with Crippen LogP contribution < -0.4 is 0 Å². The van der Waals surface area contributed by atoms with Crippen molar-refractivity contribution in [1.82, 2.24) is 9.80 Å². The number of rotatable bonds is 3. The molecule has 1 atom stereocenters. The topological polar surface area (TPSA) is 70.1 Å². The van der Waals surface area contributed by atoms with Crippen molar-refractivity contribution in [3.8, 4) is 0 Å². The Labute approximate surface area is 174 Å². The van der Waals surface area contributed by atoms with Crippen molar-refractivity contribution in [1.29, 1.82) is 0 Å². The van der Waals surface area contributed by atoms with Gasteiger partial charge < -0.3 is 19.6 Å². The Morgan fingerprint density at radius 2 is 1.96 bits per heavy atom. The van der Waals surface area contributed by atoms with Crippen LogP contribution in [0.5, 0.6) is 0 Å². The lowest BCUT2D eigenvalue weighted by molar-refractivity contribution is 0.00167. The smallest absolute Gasteiger partial charge is 0.410 e. The summed E-state index contributed by atoms with van der Waals surface area (Å²) in [5, 5.41) is 9.39. The van der Waals surface area contributed by atoms with Crippen LogP contribution in [-0.4, -0.2) is 64.8 Å². The third kappa shape index (κ3) is 5.07. The molecule has 6 nitrogen and oxygen atoms in total. The van der Waals surface area contributed by atoms with Crippen molar-refractivity contribution >= 4 is 35.2 Å². The zero-order valence-electron chi connectivity index (χ0n) is 16.4. The van der Waals surface area contributed by atoms with Crippen LogP contribution in [0.2, 0.25) is 10.0 Å². The predicted molar refractivity (Wildman–Crippen MR) is 105 cm³/mol. The molecule has 1 fully saturated rings. The van der Waals surface area contributed by atoms with Gasteiger partial charge in [-0.15, -0.1) is 0 Å². The molecular formula is C19H25Cl2FN2O4. The molecule has 1 aliphatic heterocycles. The maximum atomic E-state index is 14.6. The number of ether oxygens (including phenoxy) is 1. The molecule has 1 saturated heterocycles. The second-order valence-corrected chi connectivity index (χ2v) is 8.54. The summed E-state index contributed by atoms with van der Waals surface area (Å²) in [6, 6.07) is 0.772. The number of halogens is 3. The third-order valence-electron chi connectivity index (χ3n) is 4.48. The van der Waals surface area contributed by atoms with E-state index in [4.69, 9.17) is 27.9 Å². The molecule has 156 valence electrons. The van der Waals surface area contributed by atoms with Gasteiger partial charge in [-0.25, -0.2) is 9.18 Å². The van der Waals surface area contributed by atoms with Gasteiger partial charge in [0.25, 0.3) is 5.91 Å². The van der Waals surface area contributed by atoms with Gasteiger partial charge in [-0.2, -0.15) is 0 Å². The van der Waals surface area contributed by atoms with Gasteiger partial charge in [-0.1, -0.05) is 23.2 Å². The molecular weight excluding hydrogens is 410 g/mol. The number of aliphatic hydroxyl groups excluding tert-OH is 1. The first-order valence-corrected chi connectivity index (χ1v) is 9.75. The second-order valence-electron chi connectivity index (χ2n) is 7.75. The highest BCUT2D eigenvalue weighted by Crippen LogP contribution is 2.31. The summed E-state index contributed by atoms with van der Waals surface area (Å²) < 4.78 is 20.0. The van der Waals surface area contributed by atoms with E-state index >= 15 is 0 Å². The second kappa shape index (κ2) is 8.84. The van der Waals surface area contributed by atoms with Gasteiger partial charge in [0.2, 0.25) is 0 Å². The summed E-state index contributed by atoms with van der Waals surface area (Å²) in [6.07, 6.45) is -0.255.